The molecule has 0 spiro atoms. The smallest absolute Gasteiger partial charge is 0.204 e. The van der Waals surface area contributed by atoms with E-state index in [2.05, 4.69) is 0 Å². The minimum absolute atomic E-state index is 0.0173. The van der Waals surface area contributed by atoms with E-state index >= 15 is 0 Å². The van der Waals surface area contributed by atoms with Gasteiger partial charge in [-0.1, -0.05) is 6.07 Å². The first-order valence-electron chi connectivity index (χ1n) is 8.49. The standard InChI is InChI=1S/C20H22O7/c1-10-7-14(23)16(18(25)17-12(21)5-4-6-13(17)22)11-8-26-9-15(24)20(2,3)27-19(10)11/h4-7,15,21-24H,8-9H2,1-3H3/t15-/m1/s1. The summed E-state index contributed by atoms with van der Waals surface area (Å²) in [5.74, 6) is -1.57. The molecule has 27 heavy (non-hydrogen) atoms. The van der Waals surface area contributed by atoms with E-state index in [4.69, 9.17) is 9.47 Å². The summed E-state index contributed by atoms with van der Waals surface area (Å²) in [5, 5.41) is 40.7. The fourth-order valence-electron chi connectivity index (χ4n) is 3.07. The lowest BCUT2D eigenvalue weighted by Crippen LogP contribution is -2.46. The average molecular weight is 374 g/mol. The van der Waals surface area contributed by atoms with E-state index in [0.717, 1.165) is 0 Å². The van der Waals surface area contributed by atoms with Crippen molar-refractivity contribution in [3.05, 3.63) is 46.5 Å². The summed E-state index contributed by atoms with van der Waals surface area (Å²) in [7, 11) is 0. The number of aryl methyl sites for hydroxylation is 1. The van der Waals surface area contributed by atoms with Gasteiger partial charge in [0, 0.05) is 5.56 Å². The van der Waals surface area contributed by atoms with Crippen molar-refractivity contribution in [3.63, 3.8) is 0 Å². The zero-order valence-electron chi connectivity index (χ0n) is 15.3. The van der Waals surface area contributed by atoms with Crippen LogP contribution >= 0.6 is 0 Å². The van der Waals surface area contributed by atoms with Gasteiger partial charge in [0.1, 0.15) is 40.3 Å². The highest BCUT2D eigenvalue weighted by Crippen LogP contribution is 2.41. The van der Waals surface area contributed by atoms with Gasteiger partial charge in [-0.15, -0.1) is 0 Å². The van der Waals surface area contributed by atoms with Crippen molar-refractivity contribution in [2.24, 2.45) is 0 Å². The number of fused-ring (bicyclic) bond motifs is 1. The zero-order chi connectivity index (χ0) is 19.9. The maximum Gasteiger partial charge on any atom is 0.204 e. The summed E-state index contributed by atoms with van der Waals surface area (Å²) in [6.07, 6.45) is -0.889. The van der Waals surface area contributed by atoms with E-state index in [1.807, 2.05) is 0 Å². The monoisotopic (exact) mass is 374 g/mol. The molecule has 144 valence electrons. The van der Waals surface area contributed by atoms with Crippen LogP contribution in [-0.2, 0) is 11.3 Å². The second-order valence-corrected chi connectivity index (χ2v) is 7.13. The van der Waals surface area contributed by atoms with Crippen molar-refractivity contribution in [1.29, 1.82) is 0 Å². The Labute approximate surface area is 156 Å². The molecule has 0 amide bonds. The van der Waals surface area contributed by atoms with E-state index in [0.29, 0.717) is 16.9 Å². The molecule has 2 aromatic carbocycles. The molecule has 0 saturated carbocycles. The highest BCUT2D eigenvalue weighted by molar-refractivity contribution is 6.15. The molecule has 3 rings (SSSR count). The lowest BCUT2D eigenvalue weighted by molar-refractivity contribution is -0.0851. The van der Waals surface area contributed by atoms with Gasteiger partial charge < -0.3 is 29.9 Å². The third kappa shape index (κ3) is 3.31. The number of ketones is 1. The minimum atomic E-state index is -0.992. The zero-order valence-corrected chi connectivity index (χ0v) is 15.3. The second-order valence-electron chi connectivity index (χ2n) is 7.13. The summed E-state index contributed by atoms with van der Waals surface area (Å²) in [6, 6.07) is 5.31. The van der Waals surface area contributed by atoms with Crippen LogP contribution in [0.5, 0.6) is 23.0 Å². The van der Waals surface area contributed by atoms with Gasteiger partial charge in [-0.3, -0.25) is 4.79 Å². The summed E-state index contributed by atoms with van der Waals surface area (Å²) in [4.78, 5) is 13.1. The molecular formula is C20H22O7. The quantitative estimate of drug-likeness (QED) is 0.596. The number of ether oxygens (including phenoxy) is 2. The van der Waals surface area contributed by atoms with Crippen molar-refractivity contribution in [2.45, 2.75) is 39.1 Å². The molecule has 0 aliphatic carbocycles. The number of carbonyl (C=O) groups is 1. The van der Waals surface area contributed by atoms with E-state index in [1.54, 1.807) is 20.8 Å². The van der Waals surface area contributed by atoms with Gasteiger partial charge in [0.25, 0.3) is 0 Å². The summed E-state index contributed by atoms with van der Waals surface area (Å²) in [6.45, 7) is 4.98. The van der Waals surface area contributed by atoms with Gasteiger partial charge in [-0.05, 0) is 44.5 Å². The van der Waals surface area contributed by atoms with Crippen LogP contribution in [0.15, 0.2) is 24.3 Å². The first-order chi connectivity index (χ1) is 12.6. The van der Waals surface area contributed by atoms with Gasteiger partial charge >= 0.3 is 0 Å². The largest absolute Gasteiger partial charge is 0.507 e. The molecule has 2 aromatic rings. The van der Waals surface area contributed by atoms with Crippen molar-refractivity contribution < 1.29 is 34.7 Å². The molecule has 0 aromatic heterocycles. The third-order valence-corrected chi connectivity index (χ3v) is 4.71. The van der Waals surface area contributed by atoms with Crippen LogP contribution < -0.4 is 4.74 Å². The molecule has 0 radical (unpaired) electrons. The SMILES string of the molecule is Cc1cc(O)c(C(=O)c2c(O)cccc2O)c2c1OC(C)(C)[C@H](O)COC2. The number of rotatable bonds is 2. The number of aliphatic hydroxyl groups is 1. The Hall–Kier alpha value is -2.77. The number of carbonyl (C=O) groups excluding carboxylic acids is 1. The van der Waals surface area contributed by atoms with Crippen LogP contribution in [0.3, 0.4) is 0 Å². The van der Waals surface area contributed by atoms with Crippen molar-refractivity contribution in [2.75, 3.05) is 6.61 Å². The molecule has 0 unspecified atom stereocenters. The Morgan fingerprint density at radius 2 is 1.74 bits per heavy atom. The van der Waals surface area contributed by atoms with E-state index in [9.17, 15) is 25.2 Å². The van der Waals surface area contributed by atoms with E-state index < -0.39 is 29.0 Å². The first-order valence-corrected chi connectivity index (χ1v) is 8.49. The molecule has 0 saturated heterocycles. The Kier molecular flexibility index (Phi) is 4.75. The summed E-state index contributed by atoms with van der Waals surface area (Å²) in [5.41, 5.74) is -0.583. The lowest BCUT2D eigenvalue weighted by Gasteiger charge is -2.35. The predicted octanol–water partition coefficient (Wildman–Crippen LogP) is 2.39. The maximum atomic E-state index is 13.1. The third-order valence-electron chi connectivity index (χ3n) is 4.71. The lowest BCUT2D eigenvalue weighted by atomic mass is 9.92. The number of aromatic hydroxyl groups is 3. The fraction of sp³-hybridized carbons (Fsp3) is 0.350. The van der Waals surface area contributed by atoms with Crippen LogP contribution in [0, 0.1) is 6.92 Å². The van der Waals surface area contributed by atoms with E-state index in [1.165, 1.54) is 24.3 Å². The minimum Gasteiger partial charge on any atom is -0.507 e. The predicted molar refractivity (Wildman–Crippen MR) is 96.4 cm³/mol. The first kappa shape index (κ1) is 19.0. The topological polar surface area (TPSA) is 116 Å². The highest BCUT2D eigenvalue weighted by Gasteiger charge is 2.36. The number of hydrogen-bond acceptors (Lipinski definition) is 7. The summed E-state index contributed by atoms with van der Waals surface area (Å²) < 4.78 is 11.5. The number of aliphatic hydroxyl groups excluding tert-OH is 1. The normalized spacial score (nSPS) is 18.7. The van der Waals surface area contributed by atoms with Crippen LogP contribution in [0.25, 0.3) is 0 Å². The van der Waals surface area contributed by atoms with E-state index in [-0.39, 0.29) is 30.1 Å². The van der Waals surface area contributed by atoms with Gasteiger partial charge in [-0.25, -0.2) is 0 Å². The average Bonchev–Trinajstić information content (AvgIpc) is 2.56. The van der Waals surface area contributed by atoms with Crippen molar-refractivity contribution >= 4 is 5.78 Å². The maximum absolute atomic E-state index is 13.1. The fourth-order valence-corrected chi connectivity index (χ4v) is 3.07. The Morgan fingerprint density at radius 3 is 2.37 bits per heavy atom. The second kappa shape index (κ2) is 6.75. The molecule has 0 bridgehead atoms. The molecule has 1 aliphatic heterocycles. The van der Waals surface area contributed by atoms with Gasteiger partial charge in [0.05, 0.1) is 18.8 Å². The van der Waals surface area contributed by atoms with Crippen molar-refractivity contribution in [3.8, 4) is 23.0 Å². The van der Waals surface area contributed by atoms with Crippen LogP contribution in [0.2, 0.25) is 0 Å². The number of hydrogen-bond donors (Lipinski definition) is 4. The van der Waals surface area contributed by atoms with Gasteiger partial charge in [0.2, 0.25) is 5.78 Å². The molecule has 7 nitrogen and oxygen atoms in total. The molecule has 1 heterocycles. The van der Waals surface area contributed by atoms with Crippen LogP contribution in [0.1, 0.15) is 40.9 Å². The van der Waals surface area contributed by atoms with Crippen molar-refractivity contribution in [1.82, 2.24) is 0 Å². The molecular weight excluding hydrogens is 352 g/mol. The Bertz CT molecular complexity index is 881. The highest BCUT2D eigenvalue weighted by atomic mass is 16.5. The molecule has 1 aliphatic rings. The number of phenolic OH excluding ortho intramolecular Hbond substituents is 3. The molecule has 0 fully saturated rings. The number of phenols is 3. The van der Waals surface area contributed by atoms with Gasteiger partial charge in [-0.2, -0.15) is 0 Å². The summed E-state index contributed by atoms with van der Waals surface area (Å²) >= 11 is 0. The Morgan fingerprint density at radius 1 is 1.11 bits per heavy atom. The molecule has 4 N–H and O–H groups in total. The Balaban J connectivity index is 2.22. The van der Waals surface area contributed by atoms with Crippen LogP contribution in [0.4, 0.5) is 0 Å². The molecule has 1 atom stereocenters. The van der Waals surface area contributed by atoms with Crippen LogP contribution in [-0.4, -0.2) is 44.5 Å². The number of benzene rings is 2. The van der Waals surface area contributed by atoms with Gasteiger partial charge in [0.15, 0.2) is 0 Å². The molecule has 7 heteroatoms.